The molecule has 0 bridgehead atoms. The molecule has 0 spiro atoms. The first-order valence-corrected chi connectivity index (χ1v) is 8.10. The maximum Gasteiger partial charge on any atom is 0.163 e. The van der Waals surface area contributed by atoms with E-state index in [2.05, 4.69) is 37.5 Å². The normalized spacial score (nSPS) is 20.6. The monoisotopic (exact) mass is 324 g/mol. The van der Waals surface area contributed by atoms with E-state index >= 15 is 0 Å². The van der Waals surface area contributed by atoms with Gasteiger partial charge in [-0.25, -0.2) is 9.97 Å². The topological polar surface area (TPSA) is 77.8 Å². The number of ether oxygens (including phenoxy) is 1. The second-order valence-electron chi connectivity index (χ2n) is 6.23. The maximum atomic E-state index is 5.72. The van der Waals surface area contributed by atoms with Crippen LogP contribution >= 0.6 is 0 Å². The highest BCUT2D eigenvalue weighted by Crippen LogP contribution is 2.25. The lowest BCUT2D eigenvalue weighted by atomic mass is 9.95. The van der Waals surface area contributed by atoms with Crippen molar-refractivity contribution in [3.63, 3.8) is 0 Å². The Balaban J connectivity index is 1.58. The Morgan fingerprint density at radius 2 is 2.08 bits per heavy atom. The van der Waals surface area contributed by atoms with Gasteiger partial charge in [-0.2, -0.15) is 5.10 Å². The van der Waals surface area contributed by atoms with E-state index in [1.807, 2.05) is 32.6 Å². The number of anilines is 1. The molecule has 1 N–H and O–H groups in total. The summed E-state index contributed by atoms with van der Waals surface area (Å²) >= 11 is 0. The fourth-order valence-electron chi connectivity index (χ4n) is 3.20. The Morgan fingerprint density at radius 1 is 1.25 bits per heavy atom. The molecule has 0 aliphatic carbocycles. The molecule has 1 aliphatic rings. The van der Waals surface area contributed by atoms with Gasteiger partial charge in [0, 0.05) is 25.4 Å². The van der Waals surface area contributed by atoms with Crippen molar-refractivity contribution in [1.82, 2.24) is 24.7 Å². The van der Waals surface area contributed by atoms with Crippen molar-refractivity contribution in [1.29, 1.82) is 0 Å². The van der Waals surface area contributed by atoms with Crippen molar-refractivity contribution < 1.29 is 4.74 Å². The zero-order valence-corrected chi connectivity index (χ0v) is 13.8. The molecule has 3 aromatic heterocycles. The van der Waals surface area contributed by atoms with E-state index in [4.69, 9.17) is 4.74 Å². The van der Waals surface area contributed by atoms with Gasteiger partial charge in [-0.3, -0.25) is 9.67 Å². The second kappa shape index (κ2) is 6.16. The Morgan fingerprint density at radius 3 is 2.92 bits per heavy atom. The van der Waals surface area contributed by atoms with E-state index < -0.39 is 0 Å². The quantitative estimate of drug-likeness (QED) is 0.787. The molecule has 0 aromatic carbocycles. The summed E-state index contributed by atoms with van der Waals surface area (Å²) in [6.07, 6.45) is 6.44. The Hall–Kier alpha value is -2.54. The molecule has 0 saturated carbocycles. The van der Waals surface area contributed by atoms with E-state index in [-0.39, 0.29) is 6.04 Å². The molecule has 7 nitrogen and oxygen atoms in total. The van der Waals surface area contributed by atoms with Gasteiger partial charge in [0.05, 0.1) is 30.8 Å². The fourth-order valence-corrected chi connectivity index (χ4v) is 3.20. The lowest BCUT2D eigenvalue weighted by Gasteiger charge is -2.20. The predicted octanol–water partition coefficient (Wildman–Crippen LogP) is 1.74. The number of aromatic nitrogens is 5. The lowest BCUT2D eigenvalue weighted by molar-refractivity contribution is 0.185. The van der Waals surface area contributed by atoms with Crippen LogP contribution in [0.1, 0.15) is 11.4 Å². The summed E-state index contributed by atoms with van der Waals surface area (Å²) in [7, 11) is 1.89. The zero-order valence-electron chi connectivity index (χ0n) is 13.8. The largest absolute Gasteiger partial charge is 0.379 e. The lowest BCUT2D eigenvalue weighted by Crippen LogP contribution is -2.30. The highest BCUT2D eigenvalue weighted by atomic mass is 16.5. The highest BCUT2D eigenvalue weighted by molar-refractivity contribution is 5.86. The van der Waals surface area contributed by atoms with Crippen LogP contribution < -0.4 is 5.32 Å². The Labute approximate surface area is 140 Å². The van der Waals surface area contributed by atoms with E-state index in [1.54, 1.807) is 4.68 Å². The summed E-state index contributed by atoms with van der Waals surface area (Å²) in [5.41, 5.74) is 2.12. The van der Waals surface area contributed by atoms with E-state index in [1.165, 1.54) is 5.56 Å². The van der Waals surface area contributed by atoms with Crippen LogP contribution in [0.25, 0.3) is 11.0 Å². The summed E-state index contributed by atoms with van der Waals surface area (Å²) in [5, 5.41) is 8.80. The minimum atomic E-state index is 0.218. The number of hydrogen-bond donors (Lipinski definition) is 1. The molecular weight excluding hydrogens is 304 g/mol. The molecule has 124 valence electrons. The fraction of sp³-hybridized carbons (Fsp3) is 0.412. The molecule has 24 heavy (non-hydrogen) atoms. The van der Waals surface area contributed by atoms with Gasteiger partial charge in [0.25, 0.3) is 0 Å². The second-order valence-corrected chi connectivity index (χ2v) is 6.23. The molecule has 1 aliphatic heterocycles. The SMILES string of the molecule is Cc1nc(N[C@H]2COC[C@H]2Cc2ccncc2)c2cnn(C)c2n1. The third-order valence-electron chi connectivity index (χ3n) is 4.47. The van der Waals surface area contributed by atoms with Crippen LogP contribution in [0.5, 0.6) is 0 Å². The molecule has 1 saturated heterocycles. The number of fused-ring (bicyclic) bond motifs is 1. The molecule has 4 rings (SSSR count). The Kier molecular flexibility index (Phi) is 3.86. The molecule has 7 heteroatoms. The van der Waals surface area contributed by atoms with Crippen LogP contribution in [-0.4, -0.2) is 44.0 Å². The summed E-state index contributed by atoms with van der Waals surface area (Å²) < 4.78 is 7.49. The van der Waals surface area contributed by atoms with Gasteiger partial charge in [-0.15, -0.1) is 0 Å². The van der Waals surface area contributed by atoms with Gasteiger partial charge in [0.2, 0.25) is 0 Å². The van der Waals surface area contributed by atoms with Crippen LogP contribution in [0.4, 0.5) is 5.82 Å². The standard InChI is InChI=1S/C17H20N6O/c1-11-20-16(14-8-19-23(2)17(14)21-11)22-15-10-24-9-13(15)7-12-3-5-18-6-4-12/h3-6,8,13,15H,7,9-10H2,1-2H3,(H,20,21,22)/t13-,15+/m1/s1. The van der Waals surface area contributed by atoms with Gasteiger partial charge in [-0.1, -0.05) is 0 Å². The molecule has 2 atom stereocenters. The summed E-state index contributed by atoms with van der Waals surface area (Å²) in [6.45, 7) is 3.33. The van der Waals surface area contributed by atoms with Crippen molar-refractivity contribution in [3.8, 4) is 0 Å². The maximum absolute atomic E-state index is 5.72. The summed E-state index contributed by atoms with van der Waals surface area (Å²) in [4.78, 5) is 13.1. The van der Waals surface area contributed by atoms with Gasteiger partial charge < -0.3 is 10.1 Å². The van der Waals surface area contributed by atoms with Crippen LogP contribution in [0, 0.1) is 12.8 Å². The first-order chi connectivity index (χ1) is 11.7. The van der Waals surface area contributed by atoms with E-state index in [0.29, 0.717) is 12.5 Å². The molecule has 0 amide bonds. The number of aryl methyl sites for hydroxylation is 2. The molecule has 4 heterocycles. The van der Waals surface area contributed by atoms with Crippen molar-refractivity contribution in [3.05, 3.63) is 42.1 Å². The van der Waals surface area contributed by atoms with Crippen LogP contribution in [0.2, 0.25) is 0 Å². The number of hydrogen-bond acceptors (Lipinski definition) is 6. The third kappa shape index (κ3) is 2.82. The highest BCUT2D eigenvalue weighted by Gasteiger charge is 2.29. The molecular formula is C17H20N6O. The average Bonchev–Trinajstić information content (AvgIpc) is 3.16. The van der Waals surface area contributed by atoms with Gasteiger partial charge >= 0.3 is 0 Å². The summed E-state index contributed by atoms with van der Waals surface area (Å²) in [6, 6.07) is 4.34. The van der Waals surface area contributed by atoms with Crippen LogP contribution in [0.3, 0.4) is 0 Å². The van der Waals surface area contributed by atoms with Gasteiger partial charge in [0.1, 0.15) is 11.6 Å². The minimum absolute atomic E-state index is 0.218. The number of nitrogens with zero attached hydrogens (tertiary/aromatic N) is 5. The van der Waals surface area contributed by atoms with Crippen molar-refractivity contribution in [2.75, 3.05) is 18.5 Å². The van der Waals surface area contributed by atoms with Crippen molar-refractivity contribution >= 4 is 16.9 Å². The van der Waals surface area contributed by atoms with Gasteiger partial charge in [0.15, 0.2) is 5.65 Å². The summed E-state index contributed by atoms with van der Waals surface area (Å²) in [5.74, 6) is 1.97. The van der Waals surface area contributed by atoms with Crippen LogP contribution in [-0.2, 0) is 18.2 Å². The van der Waals surface area contributed by atoms with Gasteiger partial charge in [-0.05, 0) is 31.0 Å². The zero-order chi connectivity index (χ0) is 16.5. The smallest absolute Gasteiger partial charge is 0.163 e. The van der Waals surface area contributed by atoms with Crippen molar-refractivity contribution in [2.24, 2.45) is 13.0 Å². The first kappa shape index (κ1) is 15.0. The molecule has 0 unspecified atom stereocenters. The van der Waals surface area contributed by atoms with E-state index in [0.717, 1.165) is 35.7 Å². The third-order valence-corrected chi connectivity index (χ3v) is 4.47. The average molecular weight is 324 g/mol. The Bertz CT molecular complexity index is 847. The van der Waals surface area contributed by atoms with E-state index in [9.17, 15) is 0 Å². The molecule has 1 fully saturated rings. The molecule has 0 radical (unpaired) electrons. The predicted molar refractivity (Wildman–Crippen MR) is 90.7 cm³/mol. The first-order valence-electron chi connectivity index (χ1n) is 8.10. The number of pyridine rings is 1. The van der Waals surface area contributed by atoms with Crippen molar-refractivity contribution in [2.45, 2.75) is 19.4 Å². The molecule has 3 aromatic rings. The van der Waals surface area contributed by atoms with Crippen LogP contribution in [0.15, 0.2) is 30.7 Å². The minimum Gasteiger partial charge on any atom is -0.379 e. The number of rotatable bonds is 4. The number of nitrogens with one attached hydrogen (secondary N) is 1.